The number of carbonyl (C=O) groups is 1. The Morgan fingerprint density at radius 3 is 2.85 bits per heavy atom. The van der Waals surface area contributed by atoms with Crippen molar-refractivity contribution < 1.29 is 15.0 Å². The maximum absolute atomic E-state index is 10.8. The number of nitrogens with zero attached hydrogens (tertiary/aromatic N) is 1. The minimum absolute atomic E-state index is 0.0845. The number of hydrogen-bond donors (Lipinski definition) is 2. The highest BCUT2D eigenvalue weighted by Crippen LogP contribution is 2.36. The van der Waals surface area contributed by atoms with Gasteiger partial charge in [0, 0.05) is 12.6 Å². The molecule has 0 spiro atoms. The predicted molar refractivity (Wildman–Crippen MR) is 46.5 cm³/mol. The molecule has 0 aromatic carbocycles. The van der Waals surface area contributed by atoms with Gasteiger partial charge in [-0.3, -0.25) is 0 Å². The van der Waals surface area contributed by atoms with Crippen LogP contribution >= 0.6 is 0 Å². The van der Waals surface area contributed by atoms with E-state index in [9.17, 15) is 9.90 Å². The quantitative estimate of drug-likeness (QED) is 0.589. The number of carboxylic acid groups (broad SMARTS) is 1. The highest BCUT2D eigenvalue weighted by atomic mass is 16.4. The molecule has 2 rings (SSSR count). The molecule has 1 saturated heterocycles. The first-order valence-electron chi connectivity index (χ1n) is 4.86. The van der Waals surface area contributed by atoms with Gasteiger partial charge in [0.25, 0.3) is 0 Å². The van der Waals surface area contributed by atoms with Gasteiger partial charge in [0.15, 0.2) is 0 Å². The summed E-state index contributed by atoms with van der Waals surface area (Å²) in [6.07, 6.45) is 2.33. The second-order valence-electron chi connectivity index (χ2n) is 4.07. The molecule has 74 valence electrons. The van der Waals surface area contributed by atoms with Crippen LogP contribution in [0.5, 0.6) is 0 Å². The molecule has 4 nitrogen and oxygen atoms in total. The molecule has 1 unspecified atom stereocenters. The van der Waals surface area contributed by atoms with E-state index in [1.807, 2.05) is 0 Å². The summed E-state index contributed by atoms with van der Waals surface area (Å²) < 4.78 is 0. The minimum atomic E-state index is -0.830. The fourth-order valence-electron chi connectivity index (χ4n) is 2.69. The van der Waals surface area contributed by atoms with E-state index in [0.717, 1.165) is 19.3 Å². The summed E-state index contributed by atoms with van der Waals surface area (Å²) in [6.45, 7) is 0.642. The van der Waals surface area contributed by atoms with Crippen molar-refractivity contribution in [2.24, 2.45) is 5.92 Å². The van der Waals surface area contributed by atoms with E-state index in [0.29, 0.717) is 18.9 Å². The standard InChI is InChI=1S/C9H15NO3/c11-7-4-6-2-1-3-10(9(12)13)8(6)5-7/h6-8,11H,1-5H2,(H,12,13)/t6-,7?,8+/m1/s1. The summed E-state index contributed by atoms with van der Waals surface area (Å²) in [4.78, 5) is 12.4. The van der Waals surface area contributed by atoms with Gasteiger partial charge in [0.2, 0.25) is 0 Å². The number of fused-ring (bicyclic) bond motifs is 1. The number of rotatable bonds is 0. The van der Waals surface area contributed by atoms with E-state index < -0.39 is 6.09 Å². The average molecular weight is 185 g/mol. The second kappa shape index (κ2) is 3.18. The lowest BCUT2D eigenvalue weighted by atomic mass is 9.92. The first-order chi connectivity index (χ1) is 6.18. The summed E-state index contributed by atoms with van der Waals surface area (Å²) in [5.41, 5.74) is 0. The first-order valence-corrected chi connectivity index (χ1v) is 4.86. The molecule has 0 aromatic heterocycles. The number of aliphatic hydroxyl groups excluding tert-OH is 1. The van der Waals surface area contributed by atoms with E-state index in [-0.39, 0.29) is 12.1 Å². The summed E-state index contributed by atoms with van der Waals surface area (Å²) in [5, 5.41) is 18.4. The highest BCUT2D eigenvalue weighted by Gasteiger charge is 2.41. The van der Waals surface area contributed by atoms with Crippen molar-refractivity contribution in [3.05, 3.63) is 0 Å². The van der Waals surface area contributed by atoms with Crippen LogP contribution in [-0.2, 0) is 0 Å². The van der Waals surface area contributed by atoms with E-state index in [4.69, 9.17) is 5.11 Å². The summed E-state index contributed by atoms with van der Waals surface area (Å²) in [6, 6.07) is 0.0845. The zero-order valence-electron chi connectivity index (χ0n) is 7.52. The van der Waals surface area contributed by atoms with Gasteiger partial charge >= 0.3 is 6.09 Å². The number of amides is 1. The normalized spacial score (nSPS) is 38.8. The van der Waals surface area contributed by atoms with Gasteiger partial charge in [-0.1, -0.05) is 0 Å². The molecule has 13 heavy (non-hydrogen) atoms. The third-order valence-electron chi connectivity index (χ3n) is 3.25. The molecular formula is C9H15NO3. The van der Waals surface area contributed by atoms with Crippen LogP contribution in [0.15, 0.2) is 0 Å². The van der Waals surface area contributed by atoms with Gasteiger partial charge in [-0.2, -0.15) is 0 Å². The molecule has 0 radical (unpaired) electrons. The third-order valence-corrected chi connectivity index (χ3v) is 3.25. The van der Waals surface area contributed by atoms with Crippen LogP contribution in [0, 0.1) is 5.92 Å². The number of piperidine rings is 1. The molecule has 0 aromatic rings. The molecule has 3 atom stereocenters. The zero-order chi connectivity index (χ0) is 9.42. The van der Waals surface area contributed by atoms with Gasteiger partial charge in [0.05, 0.1) is 6.10 Å². The van der Waals surface area contributed by atoms with Crippen molar-refractivity contribution in [1.29, 1.82) is 0 Å². The summed E-state index contributed by atoms with van der Waals surface area (Å²) in [7, 11) is 0. The maximum atomic E-state index is 10.8. The topological polar surface area (TPSA) is 60.8 Å². The van der Waals surface area contributed by atoms with E-state index >= 15 is 0 Å². The first kappa shape index (κ1) is 8.81. The van der Waals surface area contributed by atoms with Gasteiger partial charge in [-0.15, -0.1) is 0 Å². The monoisotopic (exact) mass is 185 g/mol. The predicted octanol–water partition coefficient (Wildman–Crippen LogP) is 0.900. The average Bonchev–Trinajstić information content (AvgIpc) is 2.43. The Kier molecular flexibility index (Phi) is 2.15. The molecule has 1 heterocycles. The van der Waals surface area contributed by atoms with Crippen LogP contribution < -0.4 is 0 Å². The molecule has 1 aliphatic carbocycles. The van der Waals surface area contributed by atoms with Crippen molar-refractivity contribution >= 4 is 6.09 Å². The van der Waals surface area contributed by atoms with Crippen molar-refractivity contribution in [1.82, 2.24) is 4.90 Å². The van der Waals surface area contributed by atoms with Crippen molar-refractivity contribution in [2.75, 3.05) is 6.54 Å². The number of aliphatic hydroxyl groups is 1. The van der Waals surface area contributed by atoms with Gasteiger partial charge < -0.3 is 15.1 Å². The van der Waals surface area contributed by atoms with Crippen molar-refractivity contribution in [3.8, 4) is 0 Å². The van der Waals surface area contributed by atoms with Crippen LogP contribution in [0.1, 0.15) is 25.7 Å². The molecule has 2 aliphatic rings. The largest absolute Gasteiger partial charge is 0.465 e. The van der Waals surface area contributed by atoms with Gasteiger partial charge in [-0.25, -0.2) is 4.79 Å². The summed E-state index contributed by atoms with van der Waals surface area (Å²) >= 11 is 0. The Hall–Kier alpha value is -0.770. The van der Waals surface area contributed by atoms with Gasteiger partial charge in [0.1, 0.15) is 0 Å². The van der Waals surface area contributed by atoms with E-state index in [1.165, 1.54) is 4.90 Å². The molecule has 1 amide bonds. The number of hydrogen-bond acceptors (Lipinski definition) is 2. The number of likely N-dealkylation sites (tertiary alicyclic amines) is 1. The second-order valence-corrected chi connectivity index (χ2v) is 4.07. The third kappa shape index (κ3) is 1.50. The Balaban J connectivity index is 2.09. The Bertz CT molecular complexity index is 219. The van der Waals surface area contributed by atoms with Crippen LogP contribution in [-0.4, -0.2) is 39.9 Å². The van der Waals surface area contributed by atoms with Crippen LogP contribution in [0.3, 0.4) is 0 Å². The molecule has 2 N–H and O–H groups in total. The molecule has 1 saturated carbocycles. The van der Waals surface area contributed by atoms with Gasteiger partial charge in [-0.05, 0) is 31.6 Å². The van der Waals surface area contributed by atoms with Crippen molar-refractivity contribution in [3.63, 3.8) is 0 Å². The van der Waals surface area contributed by atoms with Crippen molar-refractivity contribution in [2.45, 2.75) is 37.8 Å². The Labute approximate surface area is 77.2 Å². The summed E-state index contributed by atoms with van der Waals surface area (Å²) in [5.74, 6) is 0.403. The van der Waals surface area contributed by atoms with Crippen LogP contribution in [0.4, 0.5) is 4.79 Å². The van der Waals surface area contributed by atoms with E-state index in [1.54, 1.807) is 0 Å². The SMILES string of the molecule is O=C(O)N1CCC[C@@H]2CC(O)C[C@@H]21. The molecule has 0 bridgehead atoms. The minimum Gasteiger partial charge on any atom is -0.465 e. The Morgan fingerprint density at radius 2 is 2.15 bits per heavy atom. The lowest BCUT2D eigenvalue weighted by Crippen LogP contribution is -2.45. The fraction of sp³-hybridized carbons (Fsp3) is 0.889. The highest BCUT2D eigenvalue weighted by molar-refractivity contribution is 5.65. The zero-order valence-corrected chi connectivity index (χ0v) is 7.52. The lowest BCUT2D eigenvalue weighted by molar-refractivity contribution is 0.0887. The lowest BCUT2D eigenvalue weighted by Gasteiger charge is -2.35. The molecular weight excluding hydrogens is 170 g/mol. The van der Waals surface area contributed by atoms with Crippen LogP contribution in [0.25, 0.3) is 0 Å². The Morgan fingerprint density at radius 1 is 1.38 bits per heavy atom. The van der Waals surface area contributed by atoms with E-state index in [2.05, 4.69) is 0 Å². The smallest absolute Gasteiger partial charge is 0.407 e. The molecule has 4 heteroatoms. The van der Waals surface area contributed by atoms with Crippen LogP contribution in [0.2, 0.25) is 0 Å². The molecule has 2 fully saturated rings. The fourth-order valence-corrected chi connectivity index (χ4v) is 2.69. The maximum Gasteiger partial charge on any atom is 0.407 e. The molecule has 1 aliphatic heterocycles.